The molecule has 0 saturated heterocycles. The number of benzene rings is 1. The molecule has 4 nitrogen and oxygen atoms in total. The molecule has 1 aromatic heterocycles. The predicted molar refractivity (Wildman–Crippen MR) is 64.9 cm³/mol. The van der Waals surface area contributed by atoms with E-state index in [1.165, 1.54) is 5.56 Å². The summed E-state index contributed by atoms with van der Waals surface area (Å²) in [5.74, 6) is 0.510. The van der Waals surface area contributed by atoms with Crippen LogP contribution in [0.1, 0.15) is 36.7 Å². The quantitative estimate of drug-likeness (QED) is 0.790. The second-order valence-corrected chi connectivity index (χ2v) is 4.29. The summed E-state index contributed by atoms with van der Waals surface area (Å²) >= 11 is 0. The van der Waals surface area contributed by atoms with E-state index in [2.05, 4.69) is 36.3 Å². The van der Waals surface area contributed by atoms with Crippen LogP contribution in [0.15, 0.2) is 24.3 Å². The third kappa shape index (κ3) is 2.04. The number of hydrogen-bond donors (Lipinski definition) is 0. The smallest absolute Gasteiger partial charge is 0.186 e. The molecule has 1 aromatic carbocycles. The molecular formula is C13H14N4. The molecule has 0 unspecified atom stereocenters. The van der Waals surface area contributed by atoms with Gasteiger partial charge < -0.3 is 0 Å². The van der Waals surface area contributed by atoms with Crippen molar-refractivity contribution >= 4 is 0 Å². The highest BCUT2D eigenvalue weighted by molar-refractivity contribution is 5.38. The normalized spacial score (nSPS) is 10.5. The molecule has 0 aliphatic heterocycles. The van der Waals surface area contributed by atoms with Crippen LogP contribution < -0.4 is 0 Å². The van der Waals surface area contributed by atoms with E-state index < -0.39 is 0 Å². The first-order chi connectivity index (χ1) is 8.13. The molecule has 0 bridgehead atoms. The van der Waals surface area contributed by atoms with Gasteiger partial charge in [-0.05, 0) is 30.5 Å². The van der Waals surface area contributed by atoms with Crippen LogP contribution in [0.2, 0.25) is 0 Å². The molecule has 0 radical (unpaired) electrons. The van der Waals surface area contributed by atoms with Gasteiger partial charge in [-0.15, -0.1) is 5.10 Å². The molecule has 0 atom stereocenters. The topological polar surface area (TPSA) is 54.5 Å². The van der Waals surface area contributed by atoms with E-state index in [0.29, 0.717) is 11.6 Å². The Morgan fingerprint density at radius 3 is 2.35 bits per heavy atom. The maximum Gasteiger partial charge on any atom is 0.186 e. The fraction of sp³-hybridized carbons (Fsp3) is 0.308. The first-order valence-electron chi connectivity index (χ1n) is 5.56. The molecule has 2 aromatic rings. The van der Waals surface area contributed by atoms with Crippen molar-refractivity contribution in [2.75, 3.05) is 0 Å². The molecule has 17 heavy (non-hydrogen) atoms. The van der Waals surface area contributed by atoms with E-state index in [1.54, 1.807) is 4.68 Å². The van der Waals surface area contributed by atoms with Crippen LogP contribution in [-0.2, 0) is 0 Å². The Bertz CT molecular complexity index is 558. The Morgan fingerprint density at radius 2 is 1.88 bits per heavy atom. The summed E-state index contributed by atoms with van der Waals surface area (Å²) in [5.41, 5.74) is 3.36. The van der Waals surface area contributed by atoms with Gasteiger partial charge in [-0.25, -0.2) is 4.68 Å². The Hall–Kier alpha value is -2.15. The molecule has 4 heteroatoms. The number of aromatic nitrogens is 3. The lowest BCUT2D eigenvalue weighted by Crippen LogP contribution is -1.99. The number of rotatable bonds is 2. The molecule has 2 rings (SSSR count). The fourth-order valence-corrected chi connectivity index (χ4v) is 1.68. The van der Waals surface area contributed by atoms with Crippen molar-refractivity contribution in [2.24, 2.45) is 0 Å². The van der Waals surface area contributed by atoms with Gasteiger partial charge in [-0.3, -0.25) is 0 Å². The molecule has 0 fully saturated rings. The number of nitriles is 1. The zero-order valence-electron chi connectivity index (χ0n) is 10.2. The molecule has 1 heterocycles. The first-order valence-corrected chi connectivity index (χ1v) is 5.56. The Kier molecular flexibility index (Phi) is 2.92. The zero-order valence-corrected chi connectivity index (χ0v) is 10.2. The van der Waals surface area contributed by atoms with Crippen molar-refractivity contribution in [3.05, 3.63) is 41.2 Å². The third-order valence-electron chi connectivity index (χ3n) is 2.80. The highest BCUT2D eigenvalue weighted by Crippen LogP contribution is 2.17. The van der Waals surface area contributed by atoms with E-state index in [-0.39, 0.29) is 0 Å². The molecule has 0 spiro atoms. The van der Waals surface area contributed by atoms with Gasteiger partial charge in [0, 0.05) is 0 Å². The van der Waals surface area contributed by atoms with Gasteiger partial charge >= 0.3 is 0 Å². The summed E-state index contributed by atoms with van der Waals surface area (Å²) < 4.78 is 1.68. The van der Waals surface area contributed by atoms with Gasteiger partial charge in [0.15, 0.2) is 5.69 Å². The monoisotopic (exact) mass is 226 g/mol. The summed E-state index contributed by atoms with van der Waals surface area (Å²) in [6.45, 7) is 6.15. The maximum atomic E-state index is 8.83. The van der Waals surface area contributed by atoms with Crippen molar-refractivity contribution in [2.45, 2.75) is 26.7 Å². The lowest BCUT2D eigenvalue weighted by atomic mass is 10.0. The largest absolute Gasteiger partial charge is 0.216 e. The van der Waals surface area contributed by atoms with Crippen molar-refractivity contribution in [3.63, 3.8) is 0 Å². The summed E-state index contributed by atoms with van der Waals surface area (Å²) in [7, 11) is 0. The molecule has 0 amide bonds. The molecule has 0 aliphatic rings. The van der Waals surface area contributed by atoms with Gasteiger partial charge in [0.05, 0.1) is 11.4 Å². The fourth-order valence-electron chi connectivity index (χ4n) is 1.68. The average molecular weight is 226 g/mol. The van der Waals surface area contributed by atoms with Crippen LogP contribution in [0.3, 0.4) is 0 Å². The minimum Gasteiger partial charge on any atom is -0.216 e. The summed E-state index contributed by atoms with van der Waals surface area (Å²) in [5, 5.41) is 16.6. The lowest BCUT2D eigenvalue weighted by molar-refractivity contribution is 0.782. The summed E-state index contributed by atoms with van der Waals surface area (Å²) in [6, 6.07) is 10.2. The van der Waals surface area contributed by atoms with Gasteiger partial charge in [0.1, 0.15) is 6.07 Å². The van der Waals surface area contributed by atoms with Crippen molar-refractivity contribution in [1.82, 2.24) is 15.0 Å². The van der Waals surface area contributed by atoms with Crippen LogP contribution in [-0.4, -0.2) is 15.0 Å². The Morgan fingerprint density at radius 1 is 1.24 bits per heavy atom. The second-order valence-electron chi connectivity index (χ2n) is 4.29. The van der Waals surface area contributed by atoms with Gasteiger partial charge in [0.25, 0.3) is 0 Å². The van der Waals surface area contributed by atoms with Crippen molar-refractivity contribution in [1.29, 1.82) is 5.26 Å². The van der Waals surface area contributed by atoms with E-state index in [4.69, 9.17) is 5.26 Å². The predicted octanol–water partition coefficient (Wildman–Crippen LogP) is 2.57. The van der Waals surface area contributed by atoms with Crippen LogP contribution in [0, 0.1) is 18.3 Å². The number of nitrogens with zero attached hydrogens (tertiary/aromatic N) is 4. The summed E-state index contributed by atoms with van der Waals surface area (Å²) in [4.78, 5) is 0. The summed E-state index contributed by atoms with van der Waals surface area (Å²) in [6.07, 6.45) is 0. The maximum absolute atomic E-state index is 8.83. The standard InChI is InChI=1S/C13H14N4/c1-9(2)11-4-6-12(7-5-11)17-10(3)13(8-14)15-16-17/h4-7,9H,1-3H3. The van der Waals surface area contributed by atoms with Gasteiger partial charge in [0.2, 0.25) is 0 Å². The number of hydrogen-bond acceptors (Lipinski definition) is 3. The van der Waals surface area contributed by atoms with Crippen LogP contribution in [0.4, 0.5) is 0 Å². The highest BCUT2D eigenvalue weighted by atomic mass is 15.4. The third-order valence-corrected chi connectivity index (χ3v) is 2.80. The van der Waals surface area contributed by atoms with Crippen LogP contribution >= 0.6 is 0 Å². The van der Waals surface area contributed by atoms with Gasteiger partial charge in [-0.2, -0.15) is 5.26 Å². The first kappa shape index (κ1) is 11.3. The highest BCUT2D eigenvalue weighted by Gasteiger charge is 2.09. The van der Waals surface area contributed by atoms with E-state index in [0.717, 1.165) is 11.4 Å². The Balaban J connectivity index is 2.40. The molecule has 0 N–H and O–H groups in total. The van der Waals surface area contributed by atoms with Gasteiger partial charge in [-0.1, -0.05) is 31.2 Å². The van der Waals surface area contributed by atoms with Crippen molar-refractivity contribution < 1.29 is 0 Å². The van der Waals surface area contributed by atoms with E-state index >= 15 is 0 Å². The molecule has 86 valence electrons. The average Bonchev–Trinajstić information content (AvgIpc) is 2.70. The molecular weight excluding hydrogens is 212 g/mol. The second kappa shape index (κ2) is 4.38. The van der Waals surface area contributed by atoms with Crippen LogP contribution in [0.25, 0.3) is 5.69 Å². The molecule has 0 aliphatic carbocycles. The minimum atomic E-state index is 0.373. The minimum absolute atomic E-state index is 0.373. The SMILES string of the molecule is Cc1c(C#N)nnn1-c1ccc(C(C)C)cc1. The Labute approximate surface area is 101 Å². The molecule has 0 saturated carbocycles. The van der Waals surface area contributed by atoms with E-state index in [9.17, 15) is 0 Å². The van der Waals surface area contributed by atoms with Crippen LogP contribution in [0.5, 0.6) is 0 Å². The zero-order chi connectivity index (χ0) is 12.4. The van der Waals surface area contributed by atoms with Crippen molar-refractivity contribution in [3.8, 4) is 11.8 Å². The lowest BCUT2D eigenvalue weighted by Gasteiger charge is -2.07. The van der Waals surface area contributed by atoms with E-state index in [1.807, 2.05) is 25.1 Å².